The van der Waals surface area contributed by atoms with Crippen molar-refractivity contribution in [3.05, 3.63) is 51.7 Å². The SMILES string of the molecule is CC(=C[N+](=O)[O-])c1cccc(C(F)(F)F)c1. The highest BCUT2D eigenvalue weighted by atomic mass is 19.4. The van der Waals surface area contributed by atoms with Crippen LogP contribution >= 0.6 is 0 Å². The molecule has 0 radical (unpaired) electrons. The van der Waals surface area contributed by atoms with E-state index in [4.69, 9.17) is 0 Å². The molecule has 0 saturated carbocycles. The summed E-state index contributed by atoms with van der Waals surface area (Å²) in [7, 11) is 0. The van der Waals surface area contributed by atoms with Crippen LogP contribution in [0.15, 0.2) is 30.5 Å². The van der Waals surface area contributed by atoms with Crippen LogP contribution in [0.1, 0.15) is 18.1 Å². The number of allylic oxidation sites excluding steroid dienone is 1. The summed E-state index contributed by atoms with van der Waals surface area (Å²) in [6.07, 6.45) is -3.76. The molecule has 86 valence electrons. The Labute approximate surface area is 89.4 Å². The summed E-state index contributed by atoms with van der Waals surface area (Å²) in [4.78, 5) is 9.47. The van der Waals surface area contributed by atoms with Gasteiger partial charge in [0.25, 0.3) is 0 Å². The molecule has 0 heterocycles. The van der Waals surface area contributed by atoms with E-state index in [0.29, 0.717) is 6.20 Å². The molecule has 3 nitrogen and oxygen atoms in total. The Morgan fingerprint density at radius 1 is 1.44 bits per heavy atom. The Kier molecular flexibility index (Phi) is 3.31. The summed E-state index contributed by atoms with van der Waals surface area (Å²) >= 11 is 0. The fourth-order valence-electron chi connectivity index (χ4n) is 1.17. The van der Waals surface area contributed by atoms with Gasteiger partial charge in [-0.15, -0.1) is 0 Å². The highest BCUT2D eigenvalue weighted by molar-refractivity contribution is 5.63. The molecule has 0 aliphatic heterocycles. The zero-order valence-electron chi connectivity index (χ0n) is 8.28. The van der Waals surface area contributed by atoms with Gasteiger partial charge < -0.3 is 0 Å². The third-order valence-corrected chi connectivity index (χ3v) is 1.94. The molecule has 0 fully saturated rings. The first kappa shape index (κ1) is 12.2. The standard InChI is InChI=1S/C10H8F3NO2/c1-7(6-14(15)16)8-3-2-4-9(5-8)10(11,12)13/h2-6H,1H3. The summed E-state index contributed by atoms with van der Waals surface area (Å²) in [5.41, 5.74) is -0.455. The number of nitro groups is 1. The van der Waals surface area contributed by atoms with Gasteiger partial charge in [-0.2, -0.15) is 13.2 Å². The largest absolute Gasteiger partial charge is 0.416 e. The second kappa shape index (κ2) is 4.34. The van der Waals surface area contributed by atoms with Gasteiger partial charge in [-0.3, -0.25) is 10.1 Å². The van der Waals surface area contributed by atoms with Crippen LogP contribution in [0.25, 0.3) is 5.57 Å². The van der Waals surface area contributed by atoms with Crippen molar-refractivity contribution in [2.45, 2.75) is 13.1 Å². The van der Waals surface area contributed by atoms with Crippen LogP contribution in [0, 0.1) is 10.1 Å². The first-order valence-corrected chi connectivity index (χ1v) is 4.30. The van der Waals surface area contributed by atoms with Gasteiger partial charge in [0.15, 0.2) is 0 Å². The van der Waals surface area contributed by atoms with E-state index >= 15 is 0 Å². The quantitative estimate of drug-likeness (QED) is 0.578. The summed E-state index contributed by atoms with van der Waals surface area (Å²) in [5.74, 6) is 0. The topological polar surface area (TPSA) is 43.1 Å². The van der Waals surface area contributed by atoms with Crippen molar-refractivity contribution in [2.24, 2.45) is 0 Å². The maximum atomic E-state index is 12.3. The highest BCUT2D eigenvalue weighted by Crippen LogP contribution is 2.30. The summed E-state index contributed by atoms with van der Waals surface area (Å²) in [6, 6.07) is 4.41. The molecule has 0 aliphatic rings. The number of hydrogen-bond donors (Lipinski definition) is 0. The molecule has 16 heavy (non-hydrogen) atoms. The fraction of sp³-hybridized carbons (Fsp3) is 0.200. The zero-order chi connectivity index (χ0) is 12.3. The van der Waals surface area contributed by atoms with Crippen molar-refractivity contribution in [2.75, 3.05) is 0 Å². The second-order valence-corrected chi connectivity index (χ2v) is 3.18. The van der Waals surface area contributed by atoms with E-state index in [9.17, 15) is 23.3 Å². The maximum Gasteiger partial charge on any atom is 0.416 e. The average Bonchev–Trinajstić information content (AvgIpc) is 2.15. The van der Waals surface area contributed by atoms with Gasteiger partial charge in [0, 0.05) is 5.57 Å². The minimum atomic E-state index is -4.44. The molecule has 0 bridgehead atoms. The van der Waals surface area contributed by atoms with Gasteiger partial charge in [0.1, 0.15) is 0 Å². The number of rotatable bonds is 2. The predicted octanol–water partition coefficient (Wildman–Crippen LogP) is 3.34. The molecule has 1 aromatic rings. The van der Waals surface area contributed by atoms with Gasteiger partial charge in [-0.05, 0) is 24.6 Å². The van der Waals surface area contributed by atoms with Crippen LogP contribution in [0.2, 0.25) is 0 Å². The lowest BCUT2D eigenvalue weighted by Gasteiger charge is -2.07. The van der Waals surface area contributed by atoms with Crippen LogP contribution in [-0.2, 0) is 6.18 Å². The molecule has 0 atom stereocenters. The Bertz CT molecular complexity index is 438. The fourth-order valence-corrected chi connectivity index (χ4v) is 1.17. The van der Waals surface area contributed by atoms with E-state index in [1.165, 1.54) is 19.1 Å². The van der Waals surface area contributed by atoms with Gasteiger partial charge in [0.2, 0.25) is 6.20 Å². The van der Waals surface area contributed by atoms with E-state index in [1.54, 1.807) is 0 Å². The van der Waals surface area contributed by atoms with Crippen molar-refractivity contribution in [3.63, 3.8) is 0 Å². The first-order chi connectivity index (χ1) is 7.30. The van der Waals surface area contributed by atoms with E-state index in [0.717, 1.165) is 12.1 Å². The summed E-state index contributed by atoms with van der Waals surface area (Å²) in [5, 5.41) is 10.2. The highest BCUT2D eigenvalue weighted by Gasteiger charge is 2.30. The molecule has 6 heteroatoms. The van der Waals surface area contributed by atoms with Crippen LogP contribution < -0.4 is 0 Å². The summed E-state index contributed by atoms with van der Waals surface area (Å²) in [6.45, 7) is 1.39. The number of benzene rings is 1. The maximum absolute atomic E-state index is 12.3. The minimum Gasteiger partial charge on any atom is -0.259 e. The molecule has 0 spiro atoms. The van der Waals surface area contributed by atoms with Gasteiger partial charge in [-0.1, -0.05) is 12.1 Å². The Balaban J connectivity index is 3.13. The molecule has 0 aliphatic carbocycles. The number of hydrogen-bond acceptors (Lipinski definition) is 2. The lowest BCUT2D eigenvalue weighted by molar-refractivity contribution is -0.401. The minimum absolute atomic E-state index is 0.177. The van der Waals surface area contributed by atoms with Crippen molar-refractivity contribution in [1.82, 2.24) is 0 Å². The molecule has 0 N–H and O–H groups in total. The van der Waals surface area contributed by atoms with Crippen molar-refractivity contribution in [3.8, 4) is 0 Å². The molecular formula is C10H8F3NO2. The van der Waals surface area contributed by atoms with Crippen molar-refractivity contribution in [1.29, 1.82) is 0 Å². The zero-order valence-corrected chi connectivity index (χ0v) is 8.28. The predicted molar refractivity (Wildman–Crippen MR) is 52.1 cm³/mol. The van der Waals surface area contributed by atoms with E-state index < -0.39 is 16.7 Å². The molecule has 0 aromatic heterocycles. The van der Waals surface area contributed by atoms with Gasteiger partial charge >= 0.3 is 6.18 Å². The third-order valence-electron chi connectivity index (χ3n) is 1.94. The number of halogens is 3. The van der Waals surface area contributed by atoms with Crippen LogP contribution in [0.4, 0.5) is 13.2 Å². The lowest BCUT2D eigenvalue weighted by atomic mass is 10.1. The number of nitrogens with zero attached hydrogens (tertiary/aromatic N) is 1. The molecular weight excluding hydrogens is 223 g/mol. The average molecular weight is 231 g/mol. The van der Waals surface area contributed by atoms with Gasteiger partial charge in [-0.25, -0.2) is 0 Å². The molecule has 1 rings (SSSR count). The lowest BCUT2D eigenvalue weighted by Crippen LogP contribution is -2.05. The molecule has 0 unspecified atom stereocenters. The monoisotopic (exact) mass is 231 g/mol. The van der Waals surface area contributed by atoms with Crippen molar-refractivity contribution >= 4 is 5.57 Å². The Morgan fingerprint density at radius 2 is 2.06 bits per heavy atom. The third kappa shape index (κ3) is 3.08. The van der Waals surface area contributed by atoms with Crippen LogP contribution in [0.3, 0.4) is 0 Å². The number of alkyl halides is 3. The van der Waals surface area contributed by atoms with E-state index in [1.807, 2.05) is 0 Å². The molecule has 0 amide bonds. The van der Waals surface area contributed by atoms with E-state index in [2.05, 4.69) is 0 Å². The van der Waals surface area contributed by atoms with Gasteiger partial charge in [0.05, 0.1) is 10.5 Å². The first-order valence-electron chi connectivity index (χ1n) is 4.30. The van der Waals surface area contributed by atoms with Crippen molar-refractivity contribution < 1.29 is 18.1 Å². The van der Waals surface area contributed by atoms with E-state index in [-0.39, 0.29) is 11.1 Å². The Hall–Kier alpha value is -1.85. The van der Waals surface area contributed by atoms with Crippen LogP contribution in [0.5, 0.6) is 0 Å². The second-order valence-electron chi connectivity index (χ2n) is 3.18. The molecule has 1 aromatic carbocycles. The normalized spacial score (nSPS) is 12.6. The Morgan fingerprint density at radius 3 is 2.56 bits per heavy atom. The smallest absolute Gasteiger partial charge is 0.259 e. The summed E-state index contributed by atoms with van der Waals surface area (Å²) < 4.78 is 37.0. The van der Waals surface area contributed by atoms with Crippen LogP contribution in [-0.4, -0.2) is 4.92 Å². The molecule has 0 saturated heterocycles.